The zero-order valence-corrected chi connectivity index (χ0v) is 24.1. The second-order valence-electron chi connectivity index (χ2n) is 9.30. The van der Waals surface area contributed by atoms with Crippen LogP contribution in [0.25, 0.3) is 50.4 Å². The minimum Gasteiger partial charge on any atom is -0.452 e. The monoisotopic (exact) mass is 708 g/mol. The molecule has 4 nitrogen and oxygen atoms in total. The summed E-state index contributed by atoms with van der Waals surface area (Å²) in [5.74, 6) is 0.595. The summed E-state index contributed by atoms with van der Waals surface area (Å²) in [5, 5.41) is 0. The molecule has 0 atom stereocenters. The first-order valence-corrected chi connectivity index (χ1v) is 13.1. The maximum Gasteiger partial charge on any atom is 2.00 e. The van der Waals surface area contributed by atoms with Crippen molar-refractivity contribution in [1.82, 2.24) is 14.5 Å². The standard InChI is InChI=1S/C36H23N3O.Pt/c1-4-14-26(15-5-1)29-20-10-11-24-33(29)39-34-25-12-21-30(35(34)38-36(39)40-28-18-8-3-9-19-28)32-23-13-22-31(37-32)27-16-6-2-7-17-27;/h1-16,18,20-25H;/q-2;+2. The third-order valence-electron chi connectivity index (χ3n) is 6.78. The Morgan fingerprint density at radius 1 is 0.561 bits per heavy atom. The summed E-state index contributed by atoms with van der Waals surface area (Å²) in [6.07, 6.45) is 0. The zero-order valence-electron chi connectivity index (χ0n) is 21.8. The van der Waals surface area contributed by atoms with Crippen LogP contribution in [0.2, 0.25) is 0 Å². The van der Waals surface area contributed by atoms with Crippen molar-refractivity contribution >= 4 is 11.0 Å². The summed E-state index contributed by atoms with van der Waals surface area (Å²) >= 11 is 0. The number of aromatic nitrogens is 3. The number of nitrogens with zero attached hydrogens (tertiary/aromatic N) is 3. The van der Waals surface area contributed by atoms with E-state index in [2.05, 4.69) is 71.3 Å². The van der Waals surface area contributed by atoms with Gasteiger partial charge in [0.25, 0.3) is 0 Å². The van der Waals surface area contributed by atoms with Crippen LogP contribution in [0.3, 0.4) is 0 Å². The van der Waals surface area contributed by atoms with Crippen LogP contribution < -0.4 is 4.74 Å². The molecule has 0 spiro atoms. The maximum atomic E-state index is 6.39. The van der Waals surface area contributed by atoms with Crippen molar-refractivity contribution in [2.45, 2.75) is 0 Å². The van der Waals surface area contributed by atoms with E-state index in [4.69, 9.17) is 14.7 Å². The van der Waals surface area contributed by atoms with Crippen molar-refractivity contribution in [2.24, 2.45) is 0 Å². The SMILES string of the molecule is [Pt+2].[c-]1ccccc1Oc1nc2c(-c3cccc(-c4[c-]cccc4)n3)cccc2n1-c1ccccc1-c1ccccc1. The van der Waals surface area contributed by atoms with Crippen LogP contribution in [0.1, 0.15) is 0 Å². The fraction of sp³-hybridized carbons (Fsp3) is 0. The van der Waals surface area contributed by atoms with Gasteiger partial charge in [-0.2, -0.15) is 23.2 Å². The van der Waals surface area contributed by atoms with Crippen LogP contribution in [0.15, 0.2) is 140 Å². The van der Waals surface area contributed by atoms with Gasteiger partial charge in [-0.25, -0.2) is 0 Å². The van der Waals surface area contributed by atoms with Gasteiger partial charge in [-0.15, -0.1) is 48.0 Å². The number of hydrogen-bond acceptors (Lipinski definition) is 3. The molecule has 0 fully saturated rings. The summed E-state index contributed by atoms with van der Waals surface area (Å²) in [7, 11) is 0. The molecule has 0 aliphatic carbocycles. The van der Waals surface area contributed by atoms with Crippen LogP contribution in [-0.4, -0.2) is 14.5 Å². The van der Waals surface area contributed by atoms with Gasteiger partial charge in [0.05, 0.1) is 16.9 Å². The smallest absolute Gasteiger partial charge is 0.452 e. The van der Waals surface area contributed by atoms with Crippen molar-refractivity contribution in [3.05, 3.63) is 152 Å². The molecule has 0 saturated carbocycles. The Bertz CT molecular complexity index is 1920. The third kappa shape index (κ3) is 5.22. The van der Waals surface area contributed by atoms with Gasteiger partial charge in [0.1, 0.15) is 5.52 Å². The molecule has 41 heavy (non-hydrogen) atoms. The second kappa shape index (κ2) is 11.8. The summed E-state index contributed by atoms with van der Waals surface area (Å²) in [4.78, 5) is 10.1. The van der Waals surface area contributed by atoms with Gasteiger partial charge in [-0.05, 0) is 29.5 Å². The Morgan fingerprint density at radius 2 is 1.27 bits per heavy atom. The van der Waals surface area contributed by atoms with Gasteiger partial charge >= 0.3 is 27.1 Å². The molecule has 198 valence electrons. The first-order chi connectivity index (χ1) is 19.8. The molecule has 2 heterocycles. The topological polar surface area (TPSA) is 39.9 Å². The van der Waals surface area contributed by atoms with E-state index in [9.17, 15) is 0 Å². The van der Waals surface area contributed by atoms with Crippen LogP contribution in [0.5, 0.6) is 11.8 Å². The Labute approximate surface area is 253 Å². The van der Waals surface area contributed by atoms with Crippen molar-refractivity contribution < 1.29 is 25.8 Å². The van der Waals surface area contributed by atoms with E-state index in [1.807, 2.05) is 84.9 Å². The molecule has 0 unspecified atom stereocenters. The van der Waals surface area contributed by atoms with Crippen LogP contribution in [-0.2, 0) is 21.1 Å². The van der Waals surface area contributed by atoms with E-state index >= 15 is 0 Å². The third-order valence-corrected chi connectivity index (χ3v) is 6.78. The van der Waals surface area contributed by atoms with Crippen molar-refractivity contribution in [1.29, 1.82) is 0 Å². The average molecular weight is 709 g/mol. The predicted octanol–water partition coefficient (Wildman–Crippen LogP) is 8.81. The molecule has 0 N–H and O–H groups in total. The van der Waals surface area contributed by atoms with E-state index in [1.54, 1.807) is 0 Å². The molecule has 0 aliphatic rings. The van der Waals surface area contributed by atoms with Crippen LogP contribution in [0.4, 0.5) is 0 Å². The van der Waals surface area contributed by atoms with Gasteiger partial charge in [-0.1, -0.05) is 72.8 Å². The molecule has 5 heteroatoms. The first kappa shape index (κ1) is 26.4. The largest absolute Gasteiger partial charge is 2.00 e. The molecule has 7 rings (SSSR count). The number of pyridine rings is 1. The number of para-hydroxylation sites is 3. The summed E-state index contributed by atoms with van der Waals surface area (Å²) < 4.78 is 8.47. The average Bonchev–Trinajstić information content (AvgIpc) is 3.40. The predicted molar refractivity (Wildman–Crippen MR) is 159 cm³/mol. The molecule has 0 amide bonds. The fourth-order valence-electron chi connectivity index (χ4n) is 4.94. The molecule has 0 bridgehead atoms. The first-order valence-electron chi connectivity index (χ1n) is 13.1. The molecular formula is C36H23N3OPt. The normalized spacial score (nSPS) is 10.7. The molecule has 2 aromatic heterocycles. The molecule has 0 radical (unpaired) electrons. The van der Waals surface area contributed by atoms with E-state index in [-0.39, 0.29) is 21.1 Å². The van der Waals surface area contributed by atoms with Crippen molar-refractivity contribution in [3.63, 3.8) is 0 Å². The minimum absolute atomic E-state index is 0. The van der Waals surface area contributed by atoms with Gasteiger partial charge < -0.3 is 4.74 Å². The number of benzene rings is 5. The second-order valence-corrected chi connectivity index (χ2v) is 9.30. The number of rotatable bonds is 6. The fourth-order valence-corrected chi connectivity index (χ4v) is 4.94. The van der Waals surface area contributed by atoms with E-state index in [0.29, 0.717) is 11.8 Å². The Kier molecular flexibility index (Phi) is 7.58. The van der Waals surface area contributed by atoms with Gasteiger partial charge in [-0.3, -0.25) is 9.55 Å². The van der Waals surface area contributed by atoms with Crippen molar-refractivity contribution in [3.8, 4) is 51.1 Å². The van der Waals surface area contributed by atoms with Crippen LogP contribution in [0, 0.1) is 12.1 Å². The van der Waals surface area contributed by atoms with E-state index < -0.39 is 0 Å². The molecule has 5 aromatic carbocycles. The van der Waals surface area contributed by atoms with E-state index in [1.165, 1.54) is 0 Å². The zero-order chi connectivity index (χ0) is 26.7. The van der Waals surface area contributed by atoms with E-state index in [0.717, 1.165) is 50.4 Å². The van der Waals surface area contributed by atoms with Crippen molar-refractivity contribution in [2.75, 3.05) is 0 Å². The minimum atomic E-state index is 0. The van der Waals surface area contributed by atoms with Gasteiger partial charge in [0.2, 0.25) is 0 Å². The Balaban J connectivity index is 0.00000302. The number of fused-ring (bicyclic) bond motifs is 1. The summed E-state index contributed by atoms with van der Waals surface area (Å²) in [6, 6.07) is 53.2. The number of ether oxygens (including phenoxy) is 1. The Hall–Kier alpha value is -4.79. The quantitative estimate of drug-likeness (QED) is 0.162. The Morgan fingerprint density at radius 3 is 2.07 bits per heavy atom. The number of hydrogen-bond donors (Lipinski definition) is 0. The molecule has 7 aromatic rings. The molecule has 0 aliphatic heterocycles. The summed E-state index contributed by atoms with van der Waals surface area (Å²) in [6.45, 7) is 0. The maximum absolute atomic E-state index is 6.39. The van der Waals surface area contributed by atoms with Gasteiger partial charge in [0.15, 0.2) is 0 Å². The number of imidazole rings is 1. The molecule has 0 saturated heterocycles. The molecular weight excluding hydrogens is 685 g/mol. The van der Waals surface area contributed by atoms with Gasteiger partial charge in [0, 0.05) is 16.9 Å². The summed E-state index contributed by atoms with van der Waals surface area (Å²) in [5.41, 5.74) is 8.45. The van der Waals surface area contributed by atoms with Crippen LogP contribution >= 0.6 is 0 Å².